The zero-order chi connectivity index (χ0) is 19.0. The Hall–Kier alpha value is -1.98. The molecule has 1 atom stereocenters. The van der Waals surface area contributed by atoms with Crippen molar-refractivity contribution in [2.24, 2.45) is 0 Å². The Morgan fingerprint density at radius 1 is 1.11 bits per heavy atom. The lowest BCUT2D eigenvalue weighted by Crippen LogP contribution is -2.52. The van der Waals surface area contributed by atoms with Gasteiger partial charge in [-0.2, -0.15) is 0 Å². The second-order valence-corrected chi connectivity index (χ2v) is 7.98. The van der Waals surface area contributed by atoms with Crippen LogP contribution < -0.4 is 0 Å². The number of pyridine rings is 1. The van der Waals surface area contributed by atoms with Crippen LogP contribution in [-0.4, -0.2) is 66.1 Å². The van der Waals surface area contributed by atoms with Crippen LogP contribution in [0.25, 0.3) is 10.9 Å². The molecule has 0 unspecified atom stereocenters. The van der Waals surface area contributed by atoms with E-state index in [1.165, 1.54) is 5.56 Å². The number of nitrogens with zero attached hydrogens (tertiary/aromatic N) is 3. The first-order valence-electron chi connectivity index (χ1n) is 10.0. The predicted octanol–water partition coefficient (Wildman–Crippen LogP) is 3.10. The van der Waals surface area contributed by atoms with Crippen molar-refractivity contribution in [3.05, 3.63) is 40.6 Å². The van der Waals surface area contributed by atoms with Crippen LogP contribution in [0.1, 0.15) is 40.0 Å². The summed E-state index contributed by atoms with van der Waals surface area (Å²) in [6.45, 7) is 11.3. The number of piperidine rings is 1. The fraction of sp³-hybridized carbons (Fsp3) is 0.545. The molecule has 5 heteroatoms. The Bertz CT molecular complexity index is 853. The Morgan fingerprint density at radius 3 is 2.67 bits per heavy atom. The maximum Gasteiger partial charge on any atom is 0.254 e. The minimum atomic E-state index is 0.149. The number of carbonyl (C=O) groups excluding carboxylic acids is 1. The Kier molecular flexibility index (Phi) is 5.15. The third-order valence-electron chi connectivity index (χ3n) is 5.85. The van der Waals surface area contributed by atoms with Gasteiger partial charge in [-0.1, -0.05) is 6.07 Å². The Labute approximate surface area is 161 Å². The van der Waals surface area contributed by atoms with Gasteiger partial charge in [0.15, 0.2) is 0 Å². The van der Waals surface area contributed by atoms with Gasteiger partial charge in [0, 0.05) is 43.3 Å². The van der Waals surface area contributed by atoms with Crippen molar-refractivity contribution in [2.45, 2.75) is 39.7 Å². The molecule has 5 nitrogen and oxygen atoms in total. The quantitative estimate of drug-likeness (QED) is 0.818. The molecule has 3 heterocycles. The molecule has 2 saturated heterocycles. The maximum absolute atomic E-state index is 13.5. The van der Waals surface area contributed by atoms with Crippen molar-refractivity contribution in [1.29, 1.82) is 0 Å². The van der Waals surface area contributed by atoms with Crippen LogP contribution in [0.3, 0.4) is 0 Å². The van der Waals surface area contributed by atoms with Gasteiger partial charge in [0.25, 0.3) is 5.91 Å². The van der Waals surface area contributed by atoms with Crippen molar-refractivity contribution in [3.8, 4) is 0 Å². The average molecular weight is 367 g/mol. The standard InChI is InChI=1S/C22H29N3O2/c1-15-11-16(2)21-19(13-17(3)23-20(21)12-15)22(26)25-6-4-5-18(14-25)24-7-9-27-10-8-24/h11-13,18H,4-10,14H2,1-3H3/t18-/m1/s1. The number of hydrogen-bond donors (Lipinski definition) is 0. The van der Waals surface area contributed by atoms with Gasteiger partial charge in [0.1, 0.15) is 0 Å². The minimum Gasteiger partial charge on any atom is -0.379 e. The normalized spacial score (nSPS) is 21.6. The molecule has 2 aliphatic rings. The number of carbonyl (C=O) groups is 1. The summed E-state index contributed by atoms with van der Waals surface area (Å²) in [6, 6.07) is 6.64. The summed E-state index contributed by atoms with van der Waals surface area (Å²) in [5.41, 5.74) is 4.94. The number of aromatic nitrogens is 1. The van der Waals surface area contributed by atoms with E-state index in [1.54, 1.807) is 0 Å². The van der Waals surface area contributed by atoms with E-state index in [1.807, 2.05) is 13.0 Å². The average Bonchev–Trinajstić information content (AvgIpc) is 2.67. The highest BCUT2D eigenvalue weighted by atomic mass is 16.5. The Balaban J connectivity index is 1.64. The first-order valence-corrected chi connectivity index (χ1v) is 10.0. The number of likely N-dealkylation sites (tertiary alicyclic amines) is 1. The summed E-state index contributed by atoms with van der Waals surface area (Å²) in [5, 5.41) is 1.00. The van der Waals surface area contributed by atoms with Crippen LogP contribution in [-0.2, 0) is 4.74 Å². The van der Waals surface area contributed by atoms with Crippen molar-refractivity contribution in [3.63, 3.8) is 0 Å². The number of amides is 1. The van der Waals surface area contributed by atoms with Gasteiger partial charge in [0.05, 0.1) is 24.3 Å². The largest absolute Gasteiger partial charge is 0.379 e. The molecule has 0 saturated carbocycles. The first kappa shape index (κ1) is 18.4. The summed E-state index contributed by atoms with van der Waals surface area (Å²) < 4.78 is 5.49. The highest BCUT2D eigenvalue weighted by Gasteiger charge is 2.30. The molecule has 2 fully saturated rings. The molecule has 0 aliphatic carbocycles. The van der Waals surface area contributed by atoms with Gasteiger partial charge in [0.2, 0.25) is 0 Å². The van der Waals surface area contributed by atoms with E-state index in [9.17, 15) is 4.79 Å². The lowest BCUT2D eigenvalue weighted by Gasteiger charge is -2.41. The molecule has 2 aromatic rings. The zero-order valence-electron chi connectivity index (χ0n) is 16.6. The third-order valence-corrected chi connectivity index (χ3v) is 5.85. The smallest absolute Gasteiger partial charge is 0.254 e. The van der Waals surface area contributed by atoms with E-state index in [2.05, 4.69) is 40.8 Å². The number of rotatable bonds is 2. The molecule has 4 rings (SSSR count). The number of morpholine rings is 1. The molecule has 144 valence electrons. The predicted molar refractivity (Wildman–Crippen MR) is 107 cm³/mol. The minimum absolute atomic E-state index is 0.149. The summed E-state index contributed by atoms with van der Waals surface area (Å²) >= 11 is 0. The van der Waals surface area contributed by atoms with Crippen LogP contribution >= 0.6 is 0 Å². The SMILES string of the molecule is Cc1cc(C)c2c(C(=O)N3CCC[C@@H](N4CCOCC4)C3)cc(C)nc2c1. The van der Waals surface area contributed by atoms with Gasteiger partial charge in [-0.3, -0.25) is 14.7 Å². The molecular weight excluding hydrogens is 338 g/mol. The van der Waals surface area contributed by atoms with E-state index in [0.29, 0.717) is 6.04 Å². The molecule has 0 bridgehead atoms. The number of ether oxygens (including phenoxy) is 1. The van der Waals surface area contributed by atoms with Crippen molar-refractivity contribution < 1.29 is 9.53 Å². The number of fused-ring (bicyclic) bond motifs is 1. The second-order valence-electron chi connectivity index (χ2n) is 7.98. The number of benzene rings is 1. The van der Waals surface area contributed by atoms with Gasteiger partial charge < -0.3 is 9.64 Å². The molecule has 0 spiro atoms. The number of aryl methyl sites for hydroxylation is 3. The topological polar surface area (TPSA) is 45.7 Å². The van der Waals surface area contributed by atoms with Crippen LogP contribution in [0.5, 0.6) is 0 Å². The first-order chi connectivity index (χ1) is 13.0. The number of hydrogen-bond acceptors (Lipinski definition) is 4. The fourth-order valence-corrected chi connectivity index (χ4v) is 4.61. The maximum atomic E-state index is 13.5. The summed E-state index contributed by atoms with van der Waals surface area (Å²) in [7, 11) is 0. The Morgan fingerprint density at radius 2 is 1.89 bits per heavy atom. The molecular formula is C22H29N3O2. The monoisotopic (exact) mass is 367 g/mol. The molecule has 2 aliphatic heterocycles. The van der Waals surface area contributed by atoms with Crippen LogP contribution in [0.2, 0.25) is 0 Å². The molecule has 1 amide bonds. The summed E-state index contributed by atoms with van der Waals surface area (Å²) in [5.74, 6) is 0.149. The lowest BCUT2D eigenvalue weighted by atomic mass is 9.98. The molecule has 0 radical (unpaired) electrons. The van der Waals surface area contributed by atoms with Gasteiger partial charge in [-0.05, 0) is 56.9 Å². The van der Waals surface area contributed by atoms with Crippen LogP contribution in [0.15, 0.2) is 18.2 Å². The van der Waals surface area contributed by atoms with Gasteiger partial charge >= 0.3 is 0 Å². The summed E-state index contributed by atoms with van der Waals surface area (Å²) in [4.78, 5) is 22.7. The molecule has 27 heavy (non-hydrogen) atoms. The lowest BCUT2D eigenvalue weighted by molar-refractivity contribution is -0.00118. The van der Waals surface area contributed by atoms with Crippen molar-refractivity contribution in [2.75, 3.05) is 39.4 Å². The highest BCUT2D eigenvalue weighted by Crippen LogP contribution is 2.27. The molecule has 1 aromatic heterocycles. The van der Waals surface area contributed by atoms with Crippen LogP contribution in [0.4, 0.5) is 0 Å². The van der Waals surface area contributed by atoms with Gasteiger partial charge in [-0.25, -0.2) is 0 Å². The van der Waals surface area contributed by atoms with E-state index < -0.39 is 0 Å². The van der Waals surface area contributed by atoms with E-state index in [0.717, 1.165) is 80.0 Å². The van der Waals surface area contributed by atoms with Crippen molar-refractivity contribution in [1.82, 2.24) is 14.8 Å². The molecule has 1 aromatic carbocycles. The van der Waals surface area contributed by atoms with Gasteiger partial charge in [-0.15, -0.1) is 0 Å². The van der Waals surface area contributed by atoms with Crippen LogP contribution in [0, 0.1) is 20.8 Å². The third kappa shape index (κ3) is 3.71. The summed E-state index contributed by atoms with van der Waals surface area (Å²) in [6.07, 6.45) is 2.23. The van der Waals surface area contributed by atoms with E-state index >= 15 is 0 Å². The second kappa shape index (κ2) is 7.56. The molecule has 0 N–H and O–H groups in total. The fourth-order valence-electron chi connectivity index (χ4n) is 4.61. The highest BCUT2D eigenvalue weighted by molar-refractivity contribution is 6.07. The zero-order valence-corrected chi connectivity index (χ0v) is 16.6. The van der Waals surface area contributed by atoms with E-state index in [4.69, 9.17) is 4.74 Å². The van der Waals surface area contributed by atoms with E-state index in [-0.39, 0.29) is 5.91 Å². The van der Waals surface area contributed by atoms with Crippen molar-refractivity contribution >= 4 is 16.8 Å².